The van der Waals surface area contributed by atoms with Crippen LogP contribution in [0.1, 0.15) is 12.1 Å². The minimum absolute atomic E-state index is 0.161. The molecule has 0 fully saturated rings. The summed E-state index contributed by atoms with van der Waals surface area (Å²) in [4.78, 5) is 4.09. The number of aryl methyl sites for hydroxylation is 1. The van der Waals surface area contributed by atoms with E-state index >= 15 is 0 Å². The number of alkyl halides is 3. The predicted molar refractivity (Wildman–Crippen MR) is 89.9 cm³/mol. The molecule has 0 radical (unpaired) electrons. The van der Waals surface area contributed by atoms with Crippen molar-refractivity contribution in [1.82, 2.24) is 14.6 Å². The van der Waals surface area contributed by atoms with Crippen LogP contribution in [0.5, 0.6) is 17.4 Å². The molecule has 0 spiro atoms. The third-order valence-corrected chi connectivity index (χ3v) is 3.79. The molecule has 0 amide bonds. The molecule has 6 nitrogen and oxygen atoms in total. The SMILES string of the molecule is COc1ccc(Oc2cc(NCCC(F)(F)F)c3ncc(C)n3n2)c(F)c1F. The van der Waals surface area contributed by atoms with Crippen molar-refractivity contribution in [2.75, 3.05) is 19.0 Å². The Balaban J connectivity index is 1.93. The molecule has 0 aliphatic rings. The first kappa shape index (κ1) is 19.6. The van der Waals surface area contributed by atoms with Crippen LogP contribution in [0.25, 0.3) is 5.65 Å². The van der Waals surface area contributed by atoms with Gasteiger partial charge < -0.3 is 14.8 Å². The number of benzene rings is 1. The minimum Gasteiger partial charge on any atom is -0.494 e. The third-order valence-electron chi connectivity index (χ3n) is 3.79. The Bertz CT molecular complexity index is 1000. The Morgan fingerprint density at radius 3 is 2.50 bits per heavy atom. The molecule has 0 bridgehead atoms. The zero-order valence-corrected chi connectivity index (χ0v) is 14.8. The lowest BCUT2D eigenvalue weighted by Crippen LogP contribution is -2.15. The standard InChI is InChI=1S/C17H15F5N4O2/c1-9-8-24-16-10(23-6-5-17(20,21)22)7-13(25-26(9)16)28-12-4-3-11(27-2)14(18)15(12)19/h3-4,7-8,23H,5-6H2,1-2H3. The maximum absolute atomic E-state index is 14.1. The second-order valence-corrected chi connectivity index (χ2v) is 5.82. The Morgan fingerprint density at radius 1 is 1.14 bits per heavy atom. The molecule has 28 heavy (non-hydrogen) atoms. The third kappa shape index (κ3) is 4.07. The van der Waals surface area contributed by atoms with Gasteiger partial charge in [-0.15, -0.1) is 5.10 Å². The summed E-state index contributed by atoms with van der Waals surface area (Å²) in [5, 5.41) is 6.73. The summed E-state index contributed by atoms with van der Waals surface area (Å²) < 4.78 is 76.5. The fourth-order valence-electron chi connectivity index (χ4n) is 2.44. The van der Waals surface area contributed by atoms with Gasteiger partial charge in [0, 0.05) is 12.6 Å². The molecule has 2 heterocycles. The zero-order chi connectivity index (χ0) is 20.5. The van der Waals surface area contributed by atoms with Gasteiger partial charge >= 0.3 is 6.18 Å². The number of hydrogen-bond acceptors (Lipinski definition) is 5. The smallest absolute Gasteiger partial charge is 0.390 e. The number of methoxy groups -OCH3 is 1. The van der Waals surface area contributed by atoms with E-state index in [0.29, 0.717) is 5.69 Å². The van der Waals surface area contributed by atoms with Crippen LogP contribution >= 0.6 is 0 Å². The number of aromatic nitrogens is 3. The van der Waals surface area contributed by atoms with Crippen molar-refractivity contribution in [3.05, 3.63) is 41.7 Å². The van der Waals surface area contributed by atoms with Crippen LogP contribution in [-0.4, -0.2) is 34.4 Å². The summed E-state index contributed by atoms with van der Waals surface area (Å²) >= 11 is 0. The molecule has 3 rings (SSSR count). The molecular formula is C17H15F5N4O2. The van der Waals surface area contributed by atoms with E-state index in [-0.39, 0.29) is 23.0 Å². The molecule has 1 N–H and O–H groups in total. The van der Waals surface area contributed by atoms with Gasteiger partial charge in [0.2, 0.25) is 17.5 Å². The largest absolute Gasteiger partial charge is 0.494 e. The molecule has 0 aliphatic heterocycles. The first-order valence-electron chi connectivity index (χ1n) is 8.05. The number of halogens is 5. The molecule has 11 heteroatoms. The number of hydrogen-bond donors (Lipinski definition) is 1. The fourth-order valence-corrected chi connectivity index (χ4v) is 2.44. The topological polar surface area (TPSA) is 60.7 Å². The maximum atomic E-state index is 14.1. The van der Waals surface area contributed by atoms with E-state index in [0.717, 1.165) is 6.07 Å². The molecule has 0 unspecified atom stereocenters. The monoisotopic (exact) mass is 402 g/mol. The van der Waals surface area contributed by atoms with Crippen molar-refractivity contribution in [2.24, 2.45) is 0 Å². The Hall–Kier alpha value is -3.11. The quantitative estimate of drug-likeness (QED) is 0.616. The normalized spacial score (nSPS) is 11.7. The van der Waals surface area contributed by atoms with Crippen molar-refractivity contribution >= 4 is 11.3 Å². The van der Waals surface area contributed by atoms with E-state index < -0.39 is 36.5 Å². The zero-order valence-electron chi connectivity index (χ0n) is 14.8. The summed E-state index contributed by atoms with van der Waals surface area (Å²) in [7, 11) is 1.19. The fraction of sp³-hybridized carbons (Fsp3) is 0.294. The van der Waals surface area contributed by atoms with Gasteiger partial charge in [-0.3, -0.25) is 0 Å². The maximum Gasteiger partial charge on any atom is 0.390 e. The van der Waals surface area contributed by atoms with Crippen LogP contribution in [0.4, 0.5) is 27.6 Å². The first-order chi connectivity index (χ1) is 13.2. The van der Waals surface area contributed by atoms with Gasteiger partial charge in [0.15, 0.2) is 17.1 Å². The summed E-state index contributed by atoms with van der Waals surface area (Å²) in [6.45, 7) is 1.27. The van der Waals surface area contributed by atoms with Gasteiger partial charge in [-0.1, -0.05) is 0 Å². The van der Waals surface area contributed by atoms with Crippen LogP contribution in [0.15, 0.2) is 24.4 Å². The van der Waals surface area contributed by atoms with Gasteiger partial charge in [-0.25, -0.2) is 9.50 Å². The van der Waals surface area contributed by atoms with Crippen LogP contribution in [0, 0.1) is 18.6 Å². The van der Waals surface area contributed by atoms with Crippen molar-refractivity contribution in [2.45, 2.75) is 19.5 Å². The number of imidazole rings is 1. The molecule has 0 atom stereocenters. The Kier molecular flexibility index (Phi) is 5.25. The summed E-state index contributed by atoms with van der Waals surface area (Å²) in [5.74, 6) is -3.43. The first-order valence-corrected chi connectivity index (χ1v) is 8.05. The van der Waals surface area contributed by atoms with E-state index in [4.69, 9.17) is 4.74 Å². The van der Waals surface area contributed by atoms with E-state index in [1.54, 1.807) is 6.92 Å². The van der Waals surface area contributed by atoms with Gasteiger partial charge in [0.25, 0.3) is 0 Å². The summed E-state index contributed by atoms with van der Waals surface area (Å²) in [6.07, 6.45) is -3.92. The van der Waals surface area contributed by atoms with Crippen molar-refractivity contribution < 1.29 is 31.4 Å². The van der Waals surface area contributed by atoms with Gasteiger partial charge in [0.1, 0.15) is 0 Å². The van der Waals surface area contributed by atoms with Crippen LogP contribution in [-0.2, 0) is 0 Å². The van der Waals surface area contributed by atoms with Gasteiger partial charge in [-0.2, -0.15) is 22.0 Å². The number of fused-ring (bicyclic) bond motifs is 1. The molecule has 0 saturated heterocycles. The number of rotatable bonds is 6. The van der Waals surface area contributed by atoms with E-state index in [1.807, 2.05) is 0 Å². The highest BCUT2D eigenvalue weighted by molar-refractivity contribution is 5.68. The van der Waals surface area contributed by atoms with Crippen LogP contribution < -0.4 is 14.8 Å². The van der Waals surface area contributed by atoms with Crippen molar-refractivity contribution in [1.29, 1.82) is 0 Å². The van der Waals surface area contributed by atoms with Crippen LogP contribution in [0.3, 0.4) is 0 Å². The molecule has 1 aromatic carbocycles. The molecule has 0 saturated carbocycles. The van der Waals surface area contributed by atoms with E-state index in [1.165, 1.54) is 30.0 Å². The molecule has 150 valence electrons. The molecule has 0 aliphatic carbocycles. The highest BCUT2D eigenvalue weighted by Gasteiger charge is 2.26. The highest BCUT2D eigenvalue weighted by atomic mass is 19.4. The predicted octanol–water partition coefficient (Wildman–Crippen LogP) is 4.48. The highest BCUT2D eigenvalue weighted by Crippen LogP contribution is 2.32. The summed E-state index contributed by atoms with van der Waals surface area (Å²) in [6, 6.07) is 3.59. The average molecular weight is 402 g/mol. The van der Waals surface area contributed by atoms with E-state index in [2.05, 4.69) is 20.1 Å². The lowest BCUT2D eigenvalue weighted by Gasteiger charge is -2.13. The Morgan fingerprint density at radius 2 is 1.82 bits per heavy atom. The number of nitrogens with one attached hydrogen (secondary N) is 1. The van der Waals surface area contributed by atoms with E-state index in [9.17, 15) is 22.0 Å². The van der Waals surface area contributed by atoms with Crippen molar-refractivity contribution in [3.8, 4) is 17.4 Å². The van der Waals surface area contributed by atoms with Crippen LogP contribution in [0.2, 0.25) is 0 Å². The van der Waals surface area contributed by atoms with Gasteiger partial charge in [0.05, 0.1) is 31.1 Å². The second-order valence-electron chi connectivity index (χ2n) is 5.82. The Labute approximate surface area is 155 Å². The number of anilines is 1. The average Bonchev–Trinajstić information content (AvgIpc) is 2.99. The molecule has 2 aromatic heterocycles. The molecule has 3 aromatic rings. The number of ether oxygens (including phenoxy) is 2. The van der Waals surface area contributed by atoms with Gasteiger partial charge in [-0.05, 0) is 19.1 Å². The lowest BCUT2D eigenvalue weighted by atomic mass is 10.3. The number of nitrogens with zero attached hydrogens (tertiary/aromatic N) is 3. The molecular weight excluding hydrogens is 387 g/mol. The minimum atomic E-state index is -4.33. The van der Waals surface area contributed by atoms with Crippen molar-refractivity contribution in [3.63, 3.8) is 0 Å². The second kappa shape index (κ2) is 7.49. The lowest BCUT2D eigenvalue weighted by molar-refractivity contribution is -0.131. The summed E-state index contributed by atoms with van der Waals surface area (Å²) in [5.41, 5.74) is 1.05.